The second kappa shape index (κ2) is 5.50. The van der Waals surface area contributed by atoms with Crippen molar-refractivity contribution in [2.75, 3.05) is 7.05 Å². The van der Waals surface area contributed by atoms with Gasteiger partial charge in [-0.25, -0.2) is 5.06 Å². The van der Waals surface area contributed by atoms with Gasteiger partial charge in [0, 0.05) is 19.2 Å². The highest BCUT2D eigenvalue weighted by Gasteiger charge is 2.12. The molecule has 6 nitrogen and oxygen atoms in total. The molecule has 0 aliphatic rings. The Morgan fingerprint density at radius 3 is 2.50 bits per heavy atom. The van der Waals surface area contributed by atoms with Gasteiger partial charge in [-0.2, -0.15) is 0 Å². The molecule has 20 heavy (non-hydrogen) atoms. The number of hydrogen-bond acceptors (Lipinski definition) is 4. The molecule has 2 aromatic rings. The molecule has 6 heteroatoms. The van der Waals surface area contributed by atoms with Crippen molar-refractivity contribution in [3.8, 4) is 0 Å². The van der Waals surface area contributed by atoms with Crippen LogP contribution in [0.1, 0.15) is 5.56 Å². The molecular formula is C14H12N2O4. The SMILES string of the molecule is CN(O)C(=O)/C=C/c1ccc([N+](=O)[O-])c2ccccc12. The first-order chi connectivity index (χ1) is 9.50. The Bertz CT molecular complexity index is 707. The number of hydroxylamine groups is 2. The average molecular weight is 272 g/mol. The summed E-state index contributed by atoms with van der Waals surface area (Å²) in [6, 6.07) is 9.86. The number of non-ortho nitro benzene ring substituents is 1. The van der Waals surface area contributed by atoms with Gasteiger partial charge in [-0.3, -0.25) is 20.1 Å². The van der Waals surface area contributed by atoms with Gasteiger partial charge in [0.1, 0.15) is 0 Å². The topological polar surface area (TPSA) is 83.7 Å². The molecule has 0 spiro atoms. The summed E-state index contributed by atoms with van der Waals surface area (Å²) in [5.74, 6) is -0.576. The van der Waals surface area contributed by atoms with Crippen molar-refractivity contribution in [2.24, 2.45) is 0 Å². The molecule has 0 saturated carbocycles. The molecule has 2 rings (SSSR count). The highest BCUT2D eigenvalue weighted by atomic mass is 16.6. The zero-order valence-corrected chi connectivity index (χ0v) is 10.7. The van der Waals surface area contributed by atoms with Crippen LogP contribution in [0, 0.1) is 10.1 Å². The quantitative estimate of drug-likeness (QED) is 0.403. The summed E-state index contributed by atoms with van der Waals surface area (Å²) in [5.41, 5.74) is 0.685. The highest BCUT2D eigenvalue weighted by Crippen LogP contribution is 2.28. The van der Waals surface area contributed by atoms with E-state index in [9.17, 15) is 14.9 Å². The van der Waals surface area contributed by atoms with Crippen LogP contribution in [0.15, 0.2) is 42.5 Å². The lowest BCUT2D eigenvalue weighted by Gasteiger charge is -2.05. The van der Waals surface area contributed by atoms with Crippen LogP contribution in [0.4, 0.5) is 5.69 Å². The number of nitrogens with zero attached hydrogens (tertiary/aromatic N) is 2. The largest absolute Gasteiger partial charge is 0.286 e. The molecule has 0 unspecified atom stereocenters. The maximum atomic E-state index is 11.3. The van der Waals surface area contributed by atoms with Crippen molar-refractivity contribution < 1.29 is 14.9 Å². The minimum Gasteiger partial charge on any atom is -0.286 e. The number of amides is 1. The van der Waals surface area contributed by atoms with Crippen molar-refractivity contribution in [1.82, 2.24) is 5.06 Å². The smallest absolute Gasteiger partial charge is 0.277 e. The van der Waals surface area contributed by atoms with E-state index < -0.39 is 10.8 Å². The van der Waals surface area contributed by atoms with Gasteiger partial charge in [0.05, 0.1) is 10.3 Å². The van der Waals surface area contributed by atoms with Crippen LogP contribution in [0.25, 0.3) is 16.8 Å². The van der Waals surface area contributed by atoms with Gasteiger partial charge >= 0.3 is 0 Å². The standard InChI is InChI=1S/C14H12N2O4/c1-15(18)14(17)9-7-10-6-8-13(16(19)20)12-5-3-2-4-11(10)12/h2-9,18H,1H3/b9-7+. The molecule has 0 heterocycles. The number of nitro benzene ring substituents is 1. The summed E-state index contributed by atoms with van der Waals surface area (Å²) >= 11 is 0. The van der Waals surface area contributed by atoms with Crippen molar-refractivity contribution in [3.63, 3.8) is 0 Å². The lowest BCUT2D eigenvalue weighted by atomic mass is 10.0. The second-order valence-corrected chi connectivity index (χ2v) is 4.17. The third kappa shape index (κ3) is 2.65. The minimum atomic E-state index is -0.576. The zero-order chi connectivity index (χ0) is 14.7. The summed E-state index contributed by atoms with van der Waals surface area (Å²) in [6.07, 6.45) is 2.72. The van der Waals surface area contributed by atoms with Crippen LogP contribution in [0.5, 0.6) is 0 Å². The first-order valence-corrected chi connectivity index (χ1v) is 5.81. The van der Waals surface area contributed by atoms with Crippen molar-refractivity contribution in [2.45, 2.75) is 0 Å². The molecule has 0 aromatic heterocycles. The van der Waals surface area contributed by atoms with Crippen LogP contribution in [0.3, 0.4) is 0 Å². The number of rotatable bonds is 3. The molecule has 0 aliphatic heterocycles. The molecule has 0 radical (unpaired) electrons. The summed E-state index contributed by atoms with van der Waals surface area (Å²) in [6.45, 7) is 0. The lowest BCUT2D eigenvalue weighted by molar-refractivity contribution is -0.383. The first kappa shape index (κ1) is 13.7. The fraction of sp³-hybridized carbons (Fsp3) is 0.0714. The van der Waals surface area contributed by atoms with Crippen LogP contribution < -0.4 is 0 Å². The van der Waals surface area contributed by atoms with Gasteiger partial charge in [-0.15, -0.1) is 0 Å². The van der Waals surface area contributed by atoms with Crippen LogP contribution in [-0.2, 0) is 4.79 Å². The van der Waals surface area contributed by atoms with E-state index in [0.717, 1.165) is 0 Å². The molecule has 1 amide bonds. The lowest BCUT2D eigenvalue weighted by Crippen LogP contribution is -2.19. The Kier molecular flexibility index (Phi) is 3.76. The summed E-state index contributed by atoms with van der Waals surface area (Å²) in [4.78, 5) is 21.8. The predicted molar refractivity (Wildman–Crippen MR) is 74.2 cm³/mol. The van der Waals surface area contributed by atoms with E-state index in [1.165, 1.54) is 25.3 Å². The van der Waals surface area contributed by atoms with E-state index in [1.807, 2.05) is 0 Å². The number of carbonyl (C=O) groups excluding carboxylic acids is 1. The van der Waals surface area contributed by atoms with E-state index in [4.69, 9.17) is 5.21 Å². The molecule has 2 aromatic carbocycles. The minimum absolute atomic E-state index is 0.0170. The van der Waals surface area contributed by atoms with Gasteiger partial charge in [0.2, 0.25) is 0 Å². The number of carbonyl (C=O) groups is 1. The van der Waals surface area contributed by atoms with Crippen molar-refractivity contribution >= 4 is 28.4 Å². The number of hydrogen-bond donors (Lipinski definition) is 1. The Morgan fingerprint density at radius 1 is 1.25 bits per heavy atom. The summed E-state index contributed by atoms with van der Waals surface area (Å²) in [5, 5.41) is 21.6. The molecular weight excluding hydrogens is 260 g/mol. The van der Waals surface area contributed by atoms with Crippen LogP contribution in [0.2, 0.25) is 0 Å². The average Bonchev–Trinajstić information content (AvgIpc) is 2.43. The van der Waals surface area contributed by atoms with E-state index in [-0.39, 0.29) is 5.69 Å². The van der Waals surface area contributed by atoms with E-state index in [0.29, 0.717) is 21.4 Å². The van der Waals surface area contributed by atoms with E-state index >= 15 is 0 Å². The zero-order valence-electron chi connectivity index (χ0n) is 10.7. The molecule has 102 valence electrons. The summed E-state index contributed by atoms with van der Waals surface area (Å²) < 4.78 is 0. The summed E-state index contributed by atoms with van der Waals surface area (Å²) in [7, 11) is 1.22. The van der Waals surface area contributed by atoms with Gasteiger partial charge in [0.15, 0.2) is 0 Å². The number of likely N-dealkylation sites (N-methyl/N-ethyl adjacent to an activating group) is 1. The number of nitro groups is 1. The monoisotopic (exact) mass is 272 g/mol. The Labute approximate surface area is 114 Å². The van der Waals surface area contributed by atoms with Crippen LogP contribution in [-0.4, -0.2) is 28.1 Å². The number of benzene rings is 2. The molecule has 1 N–H and O–H groups in total. The van der Waals surface area contributed by atoms with Crippen molar-refractivity contribution in [1.29, 1.82) is 0 Å². The van der Waals surface area contributed by atoms with Crippen molar-refractivity contribution in [3.05, 3.63) is 58.2 Å². The van der Waals surface area contributed by atoms with E-state index in [1.54, 1.807) is 30.3 Å². The van der Waals surface area contributed by atoms with Gasteiger partial charge in [-0.05, 0) is 29.2 Å². The molecule has 0 atom stereocenters. The van der Waals surface area contributed by atoms with Crippen LogP contribution >= 0.6 is 0 Å². The first-order valence-electron chi connectivity index (χ1n) is 5.81. The normalized spacial score (nSPS) is 10.9. The molecule has 0 bridgehead atoms. The Balaban J connectivity index is 2.54. The number of fused-ring (bicyclic) bond motifs is 1. The third-order valence-electron chi connectivity index (χ3n) is 2.86. The van der Waals surface area contributed by atoms with Gasteiger partial charge < -0.3 is 0 Å². The second-order valence-electron chi connectivity index (χ2n) is 4.17. The molecule has 0 fully saturated rings. The maximum absolute atomic E-state index is 11.3. The fourth-order valence-corrected chi connectivity index (χ4v) is 1.88. The third-order valence-corrected chi connectivity index (χ3v) is 2.86. The molecule has 0 aliphatic carbocycles. The predicted octanol–water partition coefficient (Wildman–Crippen LogP) is 2.61. The van der Waals surface area contributed by atoms with Gasteiger partial charge in [-0.1, -0.05) is 18.2 Å². The Morgan fingerprint density at radius 2 is 1.90 bits per heavy atom. The fourth-order valence-electron chi connectivity index (χ4n) is 1.88. The Hall–Kier alpha value is -2.73. The van der Waals surface area contributed by atoms with Gasteiger partial charge in [0.25, 0.3) is 11.6 Å². The molecule has 0 saturated heterocycles. The maximum Gasteiger partial charge on any atom is 0.277 e. The van der Waals surface area contributed by atoms with E-state index in [2.05, 4.69) is 0 Å². The highest BCUT2D eigenvalue weighted by molar-refractivity contribution is 5.99.